The van der Waals surface area contributed by atoms with Crippen LogP contribution in [0.2, 0.25) is 0 Å². The molecule has 0 spiro atoms. The summed E-state index contributed by atoms with van der Waals surface area (Å²) in [4.78, 5) is 0. The molecule has 0 saturated carbocycles. The molecule has 1 heterocycles. The Morgan fingerprint density at radius 1 is 1.36 bits per heavy atom. The molecule has 0 aromatic rings. The average Bonchev–Trinajstić information content (AvgIpc) is 2.06. The molecule has 1 rings (SSSR count). The first-order valence-corrected chi connectivity index (χ1v) is 3.87. The Morgan fingerprint density at radius 3 is 2.09 bits per heavy atom. The van der Waals surface area contributed by atoms with Crippen LogP contribution in [-0.4, -0.2) is 23.6 Å². The second-order valence-electron chi connectivity index (χ2n) is 2.25. The van der Waals surface area contributed by atoms with Crippen LogP contribution in [0.25, 0.3) is 0 Å². The van der Waals surface area contributed by atoms with Gasteiger partial charge in [0.25, 0.3) is 6.43 Å². The predicted molar refractivity (Wildman–Crippen MR) is 31.8 cm³/mol. The van der Waals surface area contributed by atoms with Crippen LogP contribution in [-0.2, 0) is 0 Å². The standard InChI is InChI=1S/C5H5F5S/c6-2-1-11-5(9,10)3(2)4(7)8/h2-4H,1H2. The highest BCUT2D eigenvalue weighted by Crippen LogP contribution is 2.49. The van der Waals surface area contributed by atoms with Crippen LogP contribution in [0.3, 0.4) is 0 Å². The fraction of sp³-hybridized carbons (Fsp3) is 1.00. The smallest absolute Gasteiger partial charge is 0.246 e. The van der Waals surface area contributed by atoms with Crippen LogP contribution in [0.15, 0.2) is 0 Å². The summed E-state index contributed by atoms with van der Waals surface area (Å²) in [5.74, 6) is -2.96. The maximum absolute atomic E-state index is 12.4. The number of alkyl halides is 5. The SMILES string of the molecule is FC(F)C1C(F)CSC1(F)F. The van der Waals surface area contributed by atoms with Gasteiger partial charge in [0.15, 0.2) is 0 Å². The van der Waals surface area contributed by atoms with Gasteiger partial charge in [-0.25, -0.2) is 13.2 Å². The first-order valence-electron chi connectivity index (χ1n) is 2.89. The van der Waals surface area contributed by atoms with Crippen molar-refractivity contribution in [2.24, 2.45) is 5.92 Å². The minimum atomic E-state index is -3.60. The molecule has 2 atom stereocenters. The van der Waals surface area contributed by atoms with E-state index in [9.17, 15) is 22.0 Å². The minimum absolute atomic E-state index is 0.0443. The van der Waals surface area contributed by atoms with E-state index in [1.165, 1.54) is 0 Å². The summed E-state index contributed by atoms with van der Waals surface area (Å²) < 4.78 is 60.6. The van der Waals surface area contributed by atoms with Gasteiger partial charge in [-0.2, -0.15) is 8.78 Å². The van der Waals surface area contributed by atoms with Gasteiger partial charge in [-0.1, -0.05) is 11.8 Å². The molecule has 1 aliphatic rings. The van der Waals surface area contributed by atoms with Gasteiger partial charge in [0, 0.05) is 5.75 Å². The van der Waals surface area contributed by atoms with E-state index in [2.05, 4.69) is 0 Å². The third-order valence-electron chi connectivity index (χ3n) is 1.48. The van der Waals surface area contributed by atoms with Gasteiger partial charge in [0.05, 0.1) is 0 Å². The molecule has 0 nitrogen and oxygen atoms in total. The van der Waals surface area contributed by atoms with Crippen LogP contribution in [0.4, 0.5) is 22.0 Å². The molecule has 0 amide bonds. The van der Waals surface area contributed by atoms with Crippen LogP contribution >= 0.6 is 11.8 Å². The average molecular weight is 192 g/mol. The third-order valence-corrected chi connectivity index (χ3v) is 2.63. The topological polar surface area (TPSA) is 0 Å². The number of hydrogen-bond donors (Lipinski definition) is 0. The summed E-state index contributed by atoms with van der Waals surface area (Å²) in [6.07, 6.45) is -5.37. The van der Waals surface area contributed by atoms with E-state index >= 15 is 0 Å². The highest BCUT2D eigenvalue weighted by atomic mass is 32.2. The Balaban J connectivity index is 2.72. The lowest BCUT2D eigenvalue weighted by atomic mass is 10.1. The highest BCUT2D eigenvalue weighted by molar-refractivity contribution is 8.00. The molecule has 6 heteroatoms. The summed E-state index contributed by atoms with van der Waals surface area (Å²) in [6, 6.07) is 0. The molecule has 0 N–H and O–H groups in total. The van der Waals surface area contributed by atoms with Crippen LogP contribution in [0.1, 0.15) is 0 Å². The van der Waals surface area contributed by atoms with Gasteiger partial charge >= 0.3 is 5.25 Å². The van der Waals surface area contributed by atoms with E-state index in [1.807, 2.05) is 0 Å². The summed E-state index contributed by atoms with van der Waals surface area (Å²) >= 11 is -0.0443. The highest BCUT2D eigenvalue weighted by Gasteiger charge is 2.56. The third kappa shape index (κ3) is 1.60. The summed E-state index contributed by atoms with van der Waals surface area (Å²) in [6.45, 7) is 0. The van der Waals surface area contributed by atoms with E-state index in [-0.39, 0.29) is 11.8 Å². The van der Waals surface area contributed by atoms with Crippen LogP contribution in [0, 0.1) is 5.92 Å². The molecule has 0 aromatic heterocycles. The Morgan fingerprint density at radius 2 is 1.91 bits per heavy atom. The predicted octanol–water partition coefficient (Wildman–Crippen LogP) is 2.55. The van der Waals surface area contributed by atoms with Crippen LogP contribution in [0.5, 0.6) is 0 Å². The number of hydrogen-bond acceptors (Lipinski definition) is 1. The molecule has 0 bridgehead atoms. The van der Waals surface area contributed by atoms with Crippen molar-refractivity contribution in [2.45, 2.75) is 17.9 Å². The molecule has 0 aromatic carbocycles. The molecule has 1 saturated heterocycles. The van der Waals surface area contributed by atoms with E-state index in [0.717, 1.165) is 0 Å². The first-order chi connectivity index (χ1) is 4.95. The Bertz CT molecular complexity index is 148. The van der Waals surface area contributed by atoms with E-state index in [4.69, 9.17) is 0 Å². The number of halogens is 5. The fourth-order valence-electron chi connectivity index (χ4n) is 0.906. The van der Waals surface area contributed by atoms with Crippen molar-refractivity contribution in [3.05, 3.63) is 0 Å². The van der Waals surface area contributed by atoms with Gasteiger partial charge in [-0.15, -0.1) is 0 Å². The Kier molecular flexibility index (Phi) is 2.32. The maximum Gasteiger partial charge on any atom is 0.305 e. The van der Waals surface area contributed by atoms with Gasteiger partial charge in [0.1, 0.15) is 12.1 Å². The van der Waals surface area contributed by atoms with Crippen molar-refractivity contribution in [1.82, 2.24) is 0 Å². The lowest BCUT2D eigenvalue weighted by Crippen LogP contribution is -2.31. The molecular weight excluding hydrogens is 187 g/mol. The second kappa shape index (κ2) is 2.80. The second-order valence-corrected chi connectivity index (χ2v) is 3.42. The molecule has 66 valence electrons. The normalized spacial score (nSPS) is 36.5. The zero-order chi connectivity index (χ0) is 8.65. The lowest BCUT2D eigenvalue weighted by Gasteiger charge is -2.17. The molecule has 2 unspecified atom stereocenters. The van der Waals surface area contributed by atoms with Crippen LogP contribution < -0.4 is 0 Å². The lowest BCUT2D eigenvalue weighted by molar-refractivity contribution is -0.0696. The number of thioether (sulfide) groups is 1. The Labute approximate surface area is 64.1 Å². The summed E-state index contributed by atoms with van der Waals surface area (Å²) in [7, 11) is 0. The summed E-state index contributed by atoms with van der Waals surface area (Å²) in [5, 5.41) is -3.60. The minimum Gasteiger partial charge on any atom is -0.246 e. The molecule has 1 fully saturated rings. The zero-order valence-corrected chi connectivity index (χ0v) is 6.05. The fourth-order valence-corrected chi connectivity index (χ4v) is 1.94. The largest absolute Gasteiger partial charge is 0.305 e. The Hall–Kier alpha value is -0.0000000000000000555. The quantitative estimate of drug-likeness (QED) is 0.575. The summed E-state index contributed by atoms with van der Waals surface area (Å²) in [5.41, 5.74) is 0. The zero-order valence-electron chi connectivity index (χ0n) is 5.24. The van der Waals surface area contributed by atoms with Crippen molar-refractivity contribution < 1.29 is 22.0 Å². The van der Waals surface area contributed by atoms with Gasteiger partial charge in [0.2, 0.25) is 0 Å². The van der Waals surface area contributed by atoms with Crippen molar-refractivity contribution in [2.75, 3.05) is 5.75 Å². The van der Waals surface area contributed by atoms with Gasteiger partial charge < -0.3 is 0 Å². The van der Waals surface area contributed by atoms with E-state index in [0.29, 0.717) is 0 Å². The maximum atomic E-state index is 12.4. The van der Waals surface area contributed by atoms with Crippen molar-refractivity contribution >= 4 is 11.8 Å². The van der Waals surface area contributed by atoms with Crippen molar-refractivity contribution in [3.63, 3.8) is 0 Å². The van der Waals surface area contributed by atoms with Crippen molar-refractivity contribution in [1.29, 1.82) is 0 Å². The molecule has 11 heavy (non-hydrogen) atoms. The molecule has 0 radical (unpaired) electrons. The van der Waals surface area contributed by atoms with Gasteiger partial charge in [-0.3, -0.25) is 0 Å². The van der Waals surface area contributed by atoms with E-state index in [1.54, 1.807) is 0 Å². The number of rotatable bonds is 1. The molecule has 1 aliphatic heterocycles. The monoisotopic (exact) mass is 192 g/mol. The van der Waals surface area contributed by atoms with Crippen molar-refractivity contribution in [3.8, 4) is 0 Å². The molecular formula is C5H5F5S. The molecule has 0 aliphatic carbocycles. The van der Waals surface area contributed by atoms with Gasteiger partial charge in [-0.05, 0) is 0 Å². The van der Waals surface area contributed by atoms with E-state index < -0.39 is 29.5 Å². The first kappa shape index (κ1) is 9.09.